The van der Waals surface area contributed by atoms with Crippen molar-refractivity contribution in [1.29, 1.82) is 0 Å². The molecule has 0 bridgehead atoms. The molecular formula is C13H20BrN3. The summed E-state index contributed by atoms with van der Waals surface area (Å²) in [5.74, 6) is 0. The van der Waals surface area contributed by atoms with E-state index >= 15 is 0 Å². The summed E-state index contributed by atoms with van der Waals surface area (Å²) >= 11 is 3.39. The predicted molar refractivity (Wildman–Crippen MR) is 73.9 cm³/mol. The maximum atomic E-state index is 4.41. The van der Waals surface area contributed by atoms with Gasteiger partial charge in [0.2, 0.25) is 0 Å². The molecule has 1 aromatic rings. The third-order valence-corrected chi connectivity index (χ3v) is 3.72. The van der Waals surface area contributed by atoms with E-state index < -0.39 is 0 Å². The first-order valence-corrected chi connectivity index (χ1v) is 7.11. The van der Waals surface area contributed by atoms with Crippen LogP contribution in [0.15, 0.2) is 22.8 Å². The molecule has 1 fully saturated rings. The van der Waals surface area contributed by atoms with Crippen LogP contribution in [0.1, 0.15) is 25.5 Å². The number of nitrogens with one attached hydrogen (secondary N) is 1. The molecule has 1 aromatic heterocycles. The van der Waals surface area contributed by atoms with Gasteiger partial charge in [-0.3, -0.25) is 4.90 Å². The van der Waals surface area contributed by atoms with E-state index in [2.05, 4.69) is 44.1 Å². The van der Waals surface area contributed by atoms with Crippen LogP contribution in [-0.2, 0) is 6.54 Å². The molecule has 1 aliphatic rings. The van der Waals surface area contributed by atoms with Crippen molar-refractivity contribution in [2.24, 2.45) is 0 Å². The van der Waals surface area contributed by atoms with Gasteiger partial charge in [0.05, 0.1) is 5.69 Å². The average molecular weight is 298 g/mol. The topological polar surface area (TPSA) is 28.2 Å². The van der Waals surface area contributed by atoms with Crippen LogP contribution in [0.4, 0.5) is 0 Å². The first-order valence-electron chi connectivity index (χ1n) is 6.32. The number of pyridine rings is 1. The Bertz CT molecular complexity index is 350. The van der Waals surface area contributed by atoms with Gasteiger partial charge in [0, 0.05) is 19.1 Å². The molecule has 0 radical (unpaired) electrons. The molecule has 2 heterocycles. The maximum absolute atomic E-state index is 4.41. The Balaban J connectivity index is 1.71. The quantitative estimate of drug-likeness (QED) is 0.846. The lowest BCUT2D eigenvalue weighted by Gasteiger charge is -2.23. The third-order valence-electron chi connectivity index (χ3n) is 3.28. The molecule has 0 aromatic carbocycles. The van der Waals surface area contributed by atoms with Gasteiger partial charge in [-0.2, -0.15) is 0 Å². The second kappa shape index (κ2) is 6.47. The Labute approximate surface area is 112 Å². The number of nitrogens with zero attached hydrogens (tertiary/aromatic N) is 2. The molecular weight excluding hydrogens is 278 g/mol. The van der Waals surface area contributed by atoms with Crippen LogP contribution < -0.4 is 5.32 Å². The number of hydrogen-bond acceptors (Lipinski definition) is 3. The molecule has 0 aliphatic carbocycles. The molecule has 3 nitrogen and oxygen atoms in total. The van der Waals surface area contributed by atoms with E-state index in [9.17, 15) is 0 Å². The van der Waals surface area contributed by atoms with Crippen molar-refractivity contribution in [3.8, 4) is 0 Å². The fraction of sp³-hybridized carbons (Fsp3) is 0.615. The number of hydrogen-bond donors (Lipinski definition) is 1. The van der Waals surface area contributed by atoms with Gasteiger partial charge in [-0.1, -0.05) is 6.07 Å². The minimum Gasteiger partial charge on any atom is -0.310 e. The van der Waals surface area contributed by atoms with Gasteiger partial charge in [-0.25, -0.2) is 4.98 Å². The number of likely N-dealkylation sites (tertiary alicyclic amines) is 1. The van der Waals surface area contributed by atoms with E-state index in [1.807, 2.05) is 12.1 Å². The second-order valence-corrected chi connectivity index (χ2v) is 5.49. The lowest BCUT2D eigenvalue weighted by atomic mass is 10.3. The van der Waals surface area contributed by atoms with E-state index in [0.29, 0.717) is 6.04 Å². The fourth-order valence-electron chi connectivity index (χ4n) is 2.27. The van der Waals surface area contributed by atoms with Gasteiger partial charge >= 0.3 is 0 Å². The van der Waals surface area contributed by atoms with Gasteiger partial charge in [-0.05, 0) is 60.9 Å². The summed E-state index contributed by atoms with van der Waals surface area (Å²) in [5.41, 5.74) is 1.09. The van der Waals surface area contributed by atoms with Crippen LogP contribution in [0.3, 0.4) is 0 Å². The molecule has 1 atom stereocenters. The number of aromatic nitrogens is 1. The van der Waals surface area contributed by atoms with Crippen LogP contribution >= 0.6 is 15.9 Å². The van der Waals surface area contributed by atoms with E-state index in [1.54, 1.807) is 0 Å². The molecule has 17 heavy (non-hydrogen) atoms. The van der Waals surface area contributed by atoms with Crippen molar-refractivity contribution >= 4 is 15.9 Å². The molecule has 94 valence electrons. The minimum absolute atomic E-state index is 0.629. The van der Waals surface area contributed by atoms with Gasteiger partial charge in [0.15, 0.2) is 0 Å². The van der Waals surface area contributed by atoms with Gasteiger partial charge in [0.25, 0.3) is 0 Å². The van der Waals surface area contributed by atoms with Crippen molar-refractivity contribution in [2.75, 3.05) is 19.6 Å². The Kier molecular flexibility index (Phi) is 4.95. The number of halogens is 1. The molecule has 4 heteroatoms. The first kappa shape index (κ1) is 13.0. The summed E-state index contributed by atoms with van der Waals surface area (Å²) in [4.78, 5) is 6.96. The smallest absolute Gasteiger partial charge is 0.106 e. The van der Waals surface area contributed by atoms with Crippen molar-refractivity contribution in [3.05, 3.63) is 28.5 Å². The Morgan fingerprint density at radius 1 is 1.41 bits per heavy atom. The zero-order valence-electron chi connectivity index (χ0n) is 10.3. The zero-order chi connectivity index (χ0) is 12.1. The summed E-state index contributed by atoms with van der Waals surface area (Å²) in [7, 11) is 0. The largest absolute Gasteiger partial charge is 0.310 e. The summed E-state index contributed by atoms with van der Waals surface area (Å²) in [6.07, 6.45) is 2.72. The van der Waals surface area contributed by atoms with Gasteiger partial charge in [-0.15, -0.1) is 0 Å². The van der Waals surface area contributed by atoms with Crippen LogP contribution in [0.25, 0.3) is 0 Å². The lowest BCUT2D eigenvalue weighted by molar-refractivity contribution is 0.251. The normalized spacial score (nSPS) is 18.5. The fourth-order valence-corrected chi connectivity index (χ4v) is 2.65. The average Bonchev–Trinajstić information content (AvgIpc) is 2.82. The van der Waals surface area contributed by atoms with Crippen molar-refractivity contribution in [2.45, 2.75) is 32.4 Å². The second-order valence-electron chi connectivity index (χ2n) is 4.67. The van der Waals surface area contributed by atoms with Crippen molar-refractivity contribution in [1.82, 2.24) is 15.2 Å². The summed E-state index contributed by atoms with van der Waals surface area (Å²) in [6.45, 7) is 6.70. The van der Waals surface area contributed by atoms with E-state index in [-0.39, 0.29) is 0 Å². The highest BCUT2D eigenvalue weighted by molar-refractivity contribution is 9.10. The molecule has 2 rings (SSSR count). The maximum Gasteiger partial charge on any atom is 0.106 e. The Morgan fingerprint density at radius 3 is 2.88 bits per heavy atom. The van der Waals surface area contributed by atoms with E-state index in [0.717, 1.165) is 23.4 Å². The minimum atomic E-state index is 0.629. The summed E-state index contributed by atoms with van der Waals surface area (Å²) in [5, 5.41) is 3.48. The Hall–Kier alpha value is -0.450. The van der Waals surface area contributed by atoms with Crippen LogP contribution in [-0.4, -0.2) is 35.6 Å². The molecule has 1 aliphatic heterocycles. The van der Waals surface area contributed by atoms with Crippen molar-refractivity contribution < 1.29 is 0 Å². The zero-order valence-corrected chi connectivity index (χ0v) is 11.9. The third kappa shape index (κ3) is 4.05. The molecule has 1 N–H and O–H groups in total. The lowest BCUT2D eigenvalue weighted by Crippen LogP contribution is -2.38. The summed E-state index contributed by atoms with van der Waals surface area (Å²) in [6, 6.07) is 6.66. The standard InChI is InChI=1S/C13H20BrN3/c1-11(17-7-2-3-8-17)9-15-10-12-5-4-6-13(14)16-12/h4-6,11,15H,2-3,7-10H2,1H3. The number of rotatable bonds is 5. The molecule has 0 spiro atoms. The van der Waals surface area contributed by atoms with Crippen LogP contribution in [0, 0.1) is 0 Å². The highest BCUT2D eigenvalue weighted by atomic mass is 79.9. The Morgan fingerprint density at radius 2 is 2.18 bits per heavy atom. The van der Waals surface area contributed by atoms with Crippen LogP contribution in [0.2, 0.25) is 0 Å². The van der Waals surface area contributed by atoms with E-state index in [1.165, 1.54) is 25.9 Å². The predicted octanol–water partition coefficient (Wildman–Crippen LogP) is 2.42. The SMILES string of the molecule is CC(CNCc1cccc(Br)n1)N1CCCC1. The van der Waals surface area contributed by atoms with Crippen LogP contribution in [0.5, 0.6) is 0 Å². The van der Waals surface area contributed by atoms with Gasteiger partial charge in [0.1, 0.15) is 4.60 Å². The first-order chi connectivity index (χ1) is 8.25. The monoisotopic (exact) mass is 297 g/mol. The molecule has 1 saturated heterocycles. The highest BCUT2D eigenvalue weighted by Gasteiger charge is 2.17. The molecule has 0 amide bonds. The molecule has 1 unspecified atom stereocenters. The highest BCUT2D eigenvalue weighted by Crippen LogP contribution is 2.11. The van der Waals surface area contributed by atoms with Gasteiger partial charge < -0.3 is 5.32 Å². The molecule has 0 saturated carbocycles. The van der Waals surface area contributed by atoms with Crippen molar-refractivity contribution in [3.63, 3.8) is 0 Å². The van der Waals surface area contributed by atoms with E-state index in [4.69, 9.17) is 0 Å². The summed E-state index contributed by atoms with van der Waals surface area (Å²) < 4.78 is 0.907.